The third kappa shape index (κ3) is 2.66. The number of nitrogen functional groups attached to an aromatic ring is 1. The molecule has 2 aromatic heterocycles. The van der Waals surface area contributed by atoms with E-state index in [1.807, 2.05) is 6.07 Å². The quantitative estimate of drug-likeness (QED) is 0.829. The predicted molar refractivity (Wildman–Crippen MR) is 80.0 cm³/mol. The molecule has 0 spiro atoms. The summed E-state index contributed by atoms with van der Waals surface area (Å²) in [5, 5.41) is 13.2. The Hall–Kier alpha value is -1.87. The number of carbonyl (C=O) groups is 1. The minimum absolute atomic E-state index is 0.429. The summed E-state index contributed by atoms with van der Waals surface area (Å²) in [5.41, 5.74) is 7.62. The first-order valence-corrected chi connectivity index (χ1v) is 7.32. The zero-order valence-corrected chi connectivity index (χ0v) is 12.8. The molecule has 1 aliphatic rings. The Balaban J connectivity index is 1.78. The molecule has 0 bridgehead atoms. The Labute approximate surface area is 129 Å². The number of nitrogens with zero attached hydrogens (tertiary/aromatic N) is 5. The van der Waals surface area contributed by atoms with Crippen molar-refractivity contribution in [2.75, 3.05) is 31.9 Å². The molecule has 0 unspecified atom stereocenters. The SMILES string of the molecule is Nc1ncnn2c(CN3CCN(C(=O)O)CC3)cc(Br)c12. The van der Waals surface area contributed by atoms with Gasteiger partial charge in [-0.25, -0.2) is 14.3 Å². The molecule has 21 heavy (non-hydrogen) atoms. The second-order valence-corrected chi connectivity index (χ2v) is 5.79. The zero-order valence-electron chi connectivity index (χ0n) is 11.2. The highest BCUT2D eigenvalue weighted by Gasteiger charge is 2.22. The topological polar surface area (TPSA) is 100.0 Å². The third-order valence-corrected chi connectivity index (χ3v) is 4.24. The number of hydrogen-bond donors (Lipinski definition) is 2. The lowest BCUT2D eigenvalue weighted by molar-refractivity contribution is 0.102. The summed E-state index contributed by atoms with van der Waals surface area (Å²) in [7, 11) is 0. The zero-order chi connectivity index (χ0) is 15.0. The van der Waals surface area contributed by atoms with Gasteiger partial charge in [0.25, 0.3) is 0 Å². The fourth-order valence-corrected chi connectivity index (χ4v) is 3.16. The molecule has 0 aliphatic carbocycles. The molecule has 1 aliphatic heterocycles. The second kappa shape index (κ2) is 5.49. The van der Waals surface area contributed by atoms with Crippen molar-refractivity contribution in [3.63, 3.8) is 0 Å². The number of rotatable bonds is 2. The number of amides is 1. The molecule has 0 aromatic carbocycles. The van der Waals surface area contributed by atoms with Crippen molar-refractivity contribution in [3.05, 3.63) is 22.6 Å². The van der Waals surface area contributed by atoms with E-state index in [4.69, 9.17) is 10.8 Å². The number of piperazine rings is 1. The van der Waals surface area contributed by atoms with Crippen LogP contribution in [0.5, 0.6) is 0 Å². The molecular formula is C12H15BrN6O2. The summed E-state index contributed by atoms with van der Waals surface area (Å²) in [6.45, 7) is 3.15. The van der Waals surface area contributed by atoms with Crippen LogP contribution in [0.1, 0.15) is 5.69 Å². The molecule has 9 heteroatoms. The number of halogens is 1. The summed E-state index contributed by atoms with van der Waals surface area (Å²) in [6.07, 6.45) is 0.576. The largest absolute Gasteiger partial charge is 0.465 e. The monoisotopic (exact) mass is 354 g/mol. The van der Waals surface area contributed by atoms with Gasteiger partial charge in [0, 0.05) is 37.2 Å². The van der Waals surface area contributed by atoms with Crippen molar-refractivity contribution in [2.45, 2.75) is 6.54 Å². The molecule has 1 saturated heterocycles. The van der Waals surface area contributed by atoms with Crippen molar-refractivity contribution in [3.8, 4) is 0 Å². The Morgan fingerprint density at radius 1 is 1.38 bits per heavy atom. The van der Waals surface area contributed by atoms with Crippen molar-refractivity contribution in [1.82, 2.24) is 24.4 Å². The van der Waals surface area contributed by atoms with Crippen LogP contribution in [-0.4, -0.2) is 61.8 Å². The minimum atomic E-state index is -0.856. The van der Waals surface area contributed by atoms with E-state index in [1.54, 1.807) is 4.52 Å². The van der Waals surface area contributed by atoms with Crippen LogP contribution in [0.2, 0.25) is 0 Å². The fourth-order valence-electron chi connectivity index (χ4n) is 2.52. The van der Waals surface area contributed by atoms with Crippen LogP contribution in [0.15, 0.2) is 16.9 Å². The van der Waals surface area contributed by atoms with Gasteiger partial charge in [-0.3, -0.25) is 4.90 Å². The lowest BCUT2D eigenvalue weighted by atomic mass is 10.3. The van der Waals surface area contributed by atoms with Gasteiger partial charge in [0.1, 0.15) is 11.8 Å². The third-order valence-electron chi connectivity index (χ3n) is 3.64. The van der Waals surface area contributed by atoms with Crippen molar-refractivity contribution in [2.24, 2.45) is 0 Å². The van der Waals surface area contributed by atoms with E-state index in [9.17, 15) is 4.79 Å². The number of aromatic nitrogens is 3. The standard InChI is InChI=1S/C12H15BrN6O2/c13-9-5-8(19-10(9)11(14)15-7-16-19)6-17-1-3-18(4-2-17)12(20)21/h5,7H,1-4,6H2,(H,20,21)(H2,14,15,16). The van der Waals surface area contributed by atoms with Crippen LogP contribution in [0, 0.1) is 0 Å². The van der Waals surface area contributed by atoms with Crippen LogP contribution in [0.25, 0.3) is 5.52 Å². The van der Waals surface area contributed by atoms with E-state index in [1.165, 1.54) is 11.2 Å². The molecule has 3 rings (SSSR count). The van der Waals surface area contributed by atoms with E-state index < -0.39 is 6.09 Å². The van der Waals surface area contributed by atoms with Gasteiger partial charge >= 0.3 is 6.09 Å². The van der Waals surface area contributed by atoms with Gasteiger partial charge in [0.15, 0.2) is 5.82 Å². The maximum atomic E-state index is 10.9. The number of fused-ring (bicyclic) bond motifs is 1. The molecule has 112 valence electrons. The average molecular weight is 355 g/mol. The van der Waals surface area contributed by atoms with Crippen LogP contribution >= 0.6 is 15.9 Å². The summed E-state index contributed by atoms with van der Waals surface area (Å²) in [5.74, 6) is 0.429. The van der Waals surface area contributed by atoms with Gasteiger partial charge < -0.3 is 15.7 Å². The highest BCUT2D eigenvalue weighted by Crippen LogP contribution is 2.26. The molecule has 3 heterocycles. The minimum Gasteiger partial charge on any atom is -0.465 e. The highest BCUT2D eigenvalue weighted by molar-refractivity contribution is 9.10. The molecule has 1 amide bonds. The van der Waals surface area contributed by atoms with Crippen LogP contribution < -0.4 is 5.73 Å². The first kappa shape index (κ1) is 14.1. The average Bonchev–Trinajstić information content (AvgIpc) is 2.77. The van der Waals surface area contributed by atoms with Crippen molar-refractivity contribution < 1.29 is 9.90 Å². The van der Waals surface area contributed by atoms with E-state index in [0.717, 1.165) is 15.7 Å². The molecule has 0 atom stereocenters. The van der Waals surface area contributed by atoms with E-state index in [-0.39, 0.29) is 0 Å². The number of carboxylic acid groups (broad SMARTS) is 1. The second-order valence-electron chi connectivity index (χ2n) is 4.94. The number of anilines is 1. The molecule has 1 fully saturated rings. The lowest BCUT2D eigenvalue weighted by Crippen LogP contribution is -2.47. The van der Waals surface area contributed by atoms with Crippen LogP contribution in [-0.2, 0) is 6.54 Å². The lowest BCUT2D eigenvalue weighted by Gasteiger charge is -2.32. The Morgan fingerprint density at radius 3 is 2.76 bits per heavy atom. The van der Waals surface area contributed by atoms with Crippen molar-refractivity contribution in [1.29, 1.82) is 0 Å². The number of hydrogen-bond acceptors (Lipinski definition) is 5. The van der Waals surface area contributed by atoms with E-state index in [2.05, 4.69) is 30.9 Å². The molecule has 0 saturated carbocycles. The van der Waals surface area contributed by atoms with Gasteiger partial charge in [-0.2, -0.15) is 5.10 Å². The fraction of sp³-hybridized carbons (Fsp3) is 0.417. The summed E-state index contributed by atoms with van der Waals surface area (Å²) < 4.78 is 2.63. The molecule has 3 N–H and O–H groups in total. The van der Waals surface area contributed by atoms with Gasteiger partial charge in [0.2, 0.25) is 0 Å². The highest BCUT2D eigenvalue weighted by atomic mass is 79.9. The first-order chi connectivity index (χ1) is 10.1. The molecule has 0 radical (unpaired) electrons. The Bertz CT molecular complexity index is 680. The summed E-state index contributed by atoms with van der Waals surface area (Å²) in [6, 6.07) is 1.98. The Morgan fingerprint density at radius 2 is 2.10 bits per heavy atom. The van der Waals surface area contributed by atoms with Crippen LogP contribution in [0.4, 0.5) is 10.6 Å². The van der Waals surface area contributed by atoms with Gasteiger partial charge in [0.05, 0.1) is 5.69 Å². The van der Waals surface area contributed by atoms with Crippen molar-refractivity contribution >= 4 is 33.4 Å². The van der Waals surface area contributed by atoms with Crippen LogP contribution in [0.3, 0.4) is 0 Å². The van der Waals surface area contributed by atoms with Gasteiger partial charge in [-0.05, 0) is 22.0 Å². The van der Waals surface area contributed by atoms with Gasteiger partial charge in [-0.15, -0.1) is 0 Å². The normalized spacial score (nSPS) is 16.5. The number of nitrogens with two attached hydrogens (primary N) is 1. The molecule has 8 nitrogen and oxygen atoms in total. The maximum Gasteiger partial charge on any atom is 0.407 e. The van der Waals surface area contributed by atoms with Gasteiger partial charge in [-0.1, -0.05) is 0 Å². The Kier molecular flexibility index (Phi) is 3.68. The van der Waals surface area contributed by atoms with E-state index >= 15 is 0 Å². The molecule has 2 aromatic rings. The maximum absolute atomic E-state index is 10.9. The summed E-state index contributed by atoms with van der Waals surface area (Å²) in [4.78, 5) is 18.5. The van der Waals surface area contributed by atoms with E-state index in [0.29, 0.717) is 38.5 Å². The molecular weight excluding hydrogens is 340 g/mol. The smallest absolute Gasteiger partial charge is 0.407 e. The summed E-state index contributed by atoms with van der Waals surface area (Å²) >= 11 is 3.48. The first-order valence-electron chi connectivity index (χ1n) is 6.53. The predicted octanol–water partition coefficient (Wildman–Crippen LogP) is 0.870.